The summed E-state index contributed by atoms with van der Waals surface area (Å²) in [5, 5.41) is 17.6. The Morgan fingerprint density at radius 3 is 2.45 bits per heavy atom. The SMILES string of the molecule is O=C(O)C(O)=CC(=O)c1cocc1Cc1ccccc1. The van der Waals surface area contributed by atoms with Gasteiger partial charge in [-0.3, -0.25) is 4.79 Å². The second-order valence-electron chi connectivity index (χ2n) is 4.17. The van der Waals surface area contributed by atoms with Crippen molar-refractivity contribution >= 4 is 11.8 Å². The molecule has 2 N–H and O–H groups in total. The number of carbonyl (C=O) groups is 2. The molecular formula is C15H12O5. The molecule has 2 aromatic rings. The number of furan rings is 1. The molecule has 1 aromatic heterocycles. The zero-order valence-corrected chi connectivity index (χ0v) is 10.4. The quantitative estimate of drug-likeness (QED) is 0.496. The molecule has 5 heteroatoms. The first-order chi connectivity index (χ1) is 9.58. The fourth-order valence-electron chi connectivity index (χ4n) is 1.76. The molecule has 0 amide bonds. The normalized spacial score (nSPS) is 11.3. The minimum absolute atomic E-state index is 0.238. The highest BCUT2D eigenvalue weighted by molar-refractivity contribution is 6.08. The number of rotatable bonds is 5. The maximum atomic E-state index is 11.9. The third-order valence-corrected chi connectivity index (χ3v) is 2.73. The lowest BCUT2D eigenvalue weighted by Crippen LogP contribution is -2.05. The average molecular weight is 272 g/mol. The van der Waals surface area contributed by atoms with E-state index >= 15 is 0 Å². The number of carbonyl (C=O) groups excluding carboxylic acids is 1. The summed E-state index contributed by atoms with van der Waals surface area (Å²) in [4.78, 5) is 22.4. The largest absolute Gasteiger partial charge is 0.502 e. The molecule has 0 fully saturated rings. The van der Waals surface area contributed by atoms with Crippen LogP contribution in [0.25, 0.3) is 0 Å². The zero-order chi connectivity index (χ0) is 14.5. The number of carboxylic acid groups (broad SMARTS) is 1. The van der Waals surface area contributed by atoms with Crippen LogP contribution in [0.2, 0.25) is 0 Å². The number of aliphatic hydroxyl groups is 1. The minimum atomic E-state index is -1.55. The van der Waals surface area contributed by atoms with Gasteiger partial charge in [-0.1, -0.05) is 30.3 Å². The molecule has 0 saturated heterocycles. The standard InChI is InChI=1S/C15H12O5/c16-13(7-14(17)15(18)19)12-9-20-8-11(12)6-10-4-2-1-3-5-10/h1-5,7-9,17H,6H2,(H,18,19). The van der Waals surface area contributed by atoms with E-state index in [0.717, 1.165) is 5.56 Å². The van der Waals surface area contributed by atoms with Crippen molar-refractivity contribution in [1.29, 1.82) is 0 Å². The number of allylic oxidation sites excluding steroid dienone is 1. The number of hydrogen-bond donors (Lipinski definition) is 2. The molecule has 20 heavy (non-hydrogen) atoms. The number of aliphatic carboxylic acids is 1. The smallest absolute Gasteiger partial charge is 0.371 e. The van der Waals surface area contributed by atoms with Crippen molar-refractivity contribution in [2.24, 2.45) is 0 Å². The van der Waals surface area contributed by atoms with Crippen molar-refractivity contribution < 1.29 is 24.2 Å². The van der Waals surface area contributed by atoms with Gasteiger partial charge in [0.2, 0.25) is 5.76 Å². The van der Waals surface area contributed by atoms with E-state index in [4.69, 9.17) is 14.6 Å². The number of ketones is 1. The lowest BCUT2D eigenvalue weighted by molar-refractivity contribution is -0.135. The van der Waals surface area contributed by atoms with Crippen LogP contribution in [0.15, 0.2) is 59.1 Å². The molecule has 0 spiro atoms. The first-order valence-corrected chi connectivity index (χ1v) is 5.85. The lowest BCUT2D eigenvalue weighted by atomic mass is 10.0. The van der Waals surface area contributed by atoms with E-state index in [1.807, 2.05) is 30.3 Å². The fraction of sp³-hybridized carbons (Fsp3) is 0.0667. The van der Waals surface area contributed by atoms with Crippen LogP contribution in [0, 0.1) is 0 Å². The van der Waals surface area contributed by atoms with Crippen LogP contribution in [-0.2, 0) is 11.2 Å². The van der Waals surface area contributed by atoms with Gasteiger partial charge in [0.25, 0.3) is 0 Å². The van der Waals surface area contributed by atoms with Crippen LogP contribution in [0.1, 0.15) is 21.5 Å². The van der Waals surface area contributed by atoms with Gasteiger partial charge in [-0.05, 0) is 5.56 Å². The molecule has 0 atom stereocenters. The van der Waals surface area contributed by atoms with E-state index in [1.165, 1.54) is 12.5 Å². The first kappa shape index (κ1) is 13.6. The van der Waals surface area contributed by atoms with Gasteiger partial charge >= 0.3 is 5.97 Å². The van der Waals surface area contributed by atoms with Gasteiger partial charge in [-0.2, -0.15) is 0 Å². The number of aliphatic hydroxyl groups excluding tert-OH is 1. The van der Waals surface area contributed by atoms with E-state index in [0.29, 0.717) is 18.1 Å². The Morgan fingerprint density at radius 1 is 1.10 bits per heavy atom. The fourth-order valence-corrected chi connectivity index (χ4v) is 1.76. The Balaban J connectivity index is 2.23. The monoisotopic (exact) mass is 272 g/mol. The van der Waals surface area contributed by atoms with Gasteiger partial charge in [0, 0.05) is 18.1 Å². The predicted molar refractivity (Wildman–Crippen MR) is 70.6 cm³/mol. The second-order valence-corrected chi connectivity index (χ2v) is 4.17. The summed E-state index contributed by atoms with van der Waals surface area (Å²) >= 11 is 0. The van der Waals surface area contributed by atoms with Gasteiger partial charge in [0.15, 0.2) is 5.78 Å². The van der Waals surface area contributed by atoms with Crippen LogP contribution < -0.4 is 0 Å². The summed E-state index contributed by atoms with van der Waals surface area (Å²) < 4.78 is 5.00. The molecule has 5 nitrogen and oxygen atoms in total. The maximum absolute atomic E-state index is 11.9. The van der Waals surface area contributed by atoms with Crippen molar-refractivity contribution in [2.75, 3.05) is 0 Å². The van der Waals surface area contributed by atoms with E-state index in [-0.39, 0.29) is 5.56 Å². The topological polar surface area (TPSA) is 87.7 Å². The van der Waals surface area contributed by atoms with Gasteiger partial charge in [0.05, 0.1) is 11.8 Å². The summed E-state index contributed by atoms with van der Waals surface area (Å²) in [5.74, 6) is -3.15. The summed E-state index contributed by atoms with van der Waals surface area (Å²) in [6.07, 6.45) is 3.83. The minimum Gasteiger partial charge on any atom is -0.502 e. The summed E-state index contributed by atoms with van der Waals surface area (Å²) in [6, 6.07) is 9.47. The van der Waals surface area contributed by atoms with Crippen molar-refractivity contribution in [3.05, 3.63) is 71.4 Å². The van der Waals surface area contributed by atoms with Crippen LogP contribution in [0.4, 0.5) is 0 Å². The third-order valence-electron chi connectivity index (χ3n) is 2.73. The molecule has 0 radical (unpaired) electrons. The van der Waals surface area contributed by atoms with Gasteiger partial charge in [0.1, 0.15) is 6.26 Å². The van der Waals surface area contributed by atoms with Crippen molar-refractivity contribution in [2.45, 2.75) is 6.42 Å². The lowest BCUT2D eigenvalue weighted by Gasteiger charge is -2.00. The molecule has 1 aromatic carbocycles. The Morgan fingerprint density at radius 2 is 1.80 bits per heavy atom. The Hall–Kier alpha value is -2.82. The van der Waals surface area contributed by atoms with E-state index in [9.17, 15) is 9.59 Å². The van der Waals surface area contributed by atoms with Gasteiger partial charge in [-0.15, -0.1) is 0 Å². The molecule has 0 aliphatic heterocycles. The van der Waals surface area contributed by atoms with Gasteiger partial charge < -0.3 is 14.6 Å². The van der Waals surface area contributed by atoms with E-state index < -0.39 is 17.5 Å². The summed E-state index contributed by atoms with van der Waals surface area (Å²) in [7, 11) is 0. The number of benzene rings is 1. The molecule has 0 bridgehead atoms. The molecule has 0 unspecified atom stereocenters. The highest BCUT2D eigenvalue weighted by atomic mass is 16.4. The Kier molecular flexibility index (Phi) is 4.00. The van der Waals surface area contributed by atoms with Crippen molar-refractivity contribution in [3.8, 4) is 0 Å². The van der Waals surface area contributed by atoms with Crippen LogP contribution in [0.5, 0.6) is 0 Å². The van der Waals surface area contributed by atoms with E-state index in [1.54, 1.807) is 0 Å². The van der Waals surface area contributed by atoms with Crippen molar-refractivity contribution in [3.63, 3.8) is 0 Å². The molecule has 0 aliphatic carbocycles. The van der Waals surface area contributed by atoms with Crippen LogP contribution in [-0.4, -0.2) is 22.0 Å². The average Bonchev–Trinajstić information content (AvgIpc) is 2.88. The molecule has 0 saturated carbocycles. The zero-order valence-electron chi connectivity index (χ0n) is 10.4. The summed E-state index contributed by atoms with van der Waals surface area (Å²) in [5.41, 5.74) is 1.87. The molecular weight excluding hydrogens is 260 g/mol. The number of hydrogen-bond acceptors (Lipinski definition) is 4. The van der Waals surface area contributed by atoms with E-state index in [2.05, 4.69) is 0 Å². The molecule has 2 rings (SSSR count). The highest BCUT2D eigenvalue weighted by Gasteiger charge is 2.15. The molecule has 0 aliphatic rings. The summed E-state index contributed by atoms with van der Waals surface area (Å²) in [6.45, 7) is 0. The van der Waals surface area contributed by atoms with Crippen molar-refractivity contribution in [1.82, 2.24) is 0 Å². The first-order valence-electron chi connectivity index (χ1n) is 5.85. The maximum Gasteiger partial charge on any atom is 0.371 e. The Labute approximate surface area is 114 Å². The second kappa shape index (κ2) is 5.88. The Bertz CT molecular complexity index is 652. The number of carboxylic acids is 1. The van der Waals surface area contributed by atoms with Crippen LogP contribution >= 0.6 is 0 Å². The predicted octanol–water partition coefficient (Wildman–Crippen LogP) is 2.58. The van der Waals surface area contributed by atoms with Gasteiger partial charge in [-0.25, -0.2) is 4.79 Å². The third kappa shape index (κ3) is 3.14. The molecule has 1 heterocycles. The molecule has 102 valence electrons. The highest BCUT2D eigenvalue weighted by Crippen LogP contribution is 2.17. The van der Waals surface area contributed by atoms with Crippen LogP contribution in [0.3, 0.4) is 0 Å².